The van der Waals surface area contributed by atoms with Crippen LogP contribution in [0.3, 0.4) is 0 Å². The van der Waals surface area contributed by atoms with Crippen molar-refractivity contribution in [3.63, 3.8) is 0 Å². The maximum Gasteiger partial charge on any atom is 0.245 e. The SMILES string of the molecule is COc1ccc(CC(=O)N([C@H]2CO[C@H]3[C@@H]2OC[C@@H]3N(C(=O)Cc2ccc(OC)cc2)C(C)(C)C(=O)NC2CCCCC2)C(C)(C)C(=O)NC2CCCCC2)cc1. The van der Waals surface area contributed by atoms with Gasteiger partial charge in [0.05, 0.1) is 52.4 Å². The van der Waals surface area contributed by atoms with E-state index in [4.69, 9.17) is 18.9 Å². The van der Waals surface area contributed by atoms with E-state index < -0.39 is 35.4 Å². The van der Waals surface area contributed by atoms with E-state index >= 15 is 0 Å². The Bertz CT molecular complexity index is 1540. The number of ether oxygens (including phenoxy) is 4. The van der Waals surface area contributed by atoms with Crippen LogP contribution in [0, 0.1) is 0 Å². The number of nitrogens with zero attached hydrogens (tertiary/aromatic N) is 2. The van der Waals surface area contributed by atoms with Crippen molar-refractivity contribution in [1.82, 2.24) is 20.4 Å². The molecular weight excluding hydrogens is 713 g/mol. The van der Waals surface area contributed by atoms with Crippen molar-refractivity contribution in [2.75, 3.05) is 27.4 Å². The smallest absolute Gasteiger partial charge is 0.245 e. The fourth-order valence-corrected chi connectivity index (χ4v) is 9.17. The van der Waals surface area contributed by atoms with Crippen LogP contribution in [0.25, 0.3) is 0 Å². The first-order valence-electron chi connectivity index (χ1n) is 20.6. The zero-order chi connectivity index (χ0) is 40.0. The fraction of sp³-hybridized carbons (Fsp3) is 0.636. The second-order valence-corrected chi connectivity index (χ2v) is 17.0. The summed E-state index contributed by atoms with van der Waals surface area (Å²) in [6.45, 7) is 7.38. The van der Waals surface area contributed by atoms with Gasteiger partial charge in [0, 0.05) is 12.1 Å². The Kier molecular flexibility index (Phi) is 13.3. The van der Waals surface area contributed by atoms with Gasteiger partial charge in [-0.3, -0.25) is 19.2 Å². The topological polar surface area (TPSA) is 136 Å². The van der Waals surface area contributed by atoms with Gasteiger partial charge in [0.1, 0.15) is 34.8 Å². The minimum Gasteiger partial charge on any atom is -0.497 e. The predicted octanol–water partition coefficient (Wildman–Crippen LogP) is 5.14. The van der Waals surface area contributed by atoms with Crippen molar-refractivity contribution >= 4 is 23.6 Å². The highest BCUT2D eigenvalue weighted by molar-refractivity contribution is 5.93. The highest BCUT2D eigenvalue weighted by atomic mass is 16.6. The molecule has 2 saturated heterocycles. The van der Waals surface area contributed by atoms with Crippen LogP contribution in [0.5, 0.6) is 11.5 Å². The van der Waals surface area contributed by atoms with Gasteiger partial charge in [-0.15, -0.1) is 0 Å². The van der Waals surface area contributed by atoms with Crippen molar-refractivity contribution in [3.8, 4) is 11.5 Å². The molecule has 4 amide bonds. The molecule has 12 nitrogen and oxygen atoms in total. The molecule has 2 aromatic rings. The van der Waals surface area contributed by atoms with E-state index in [0.29, 0.717) is 11.5 Å². The maximum absolute atomic E-state index is 14.6. The Morgan fingerprint density at radius 2 is 0.929 bits per heavy atom. The van der Waals surface area contributed by atoms with Gasteiger partial charge < -0.3 is 39.4 Å². The van der Waals surface area contributed by atoms with Crippen molar-refractivity contribution in [2.24, 2.45) is 0 Å². The van der Waals surface area contributed by atoms with Crippen LogP contribution in [-0.4, -0.2) is 108 Å². The molecule has 2 aromatic carbocycles. The molecule has 0 aromatic heterocycles. The summed E-state index contributed by atoms with van der Waals surface area (Å²) in [6.07, 6.45) is 9.02. The van der Waals surface area contributed by atoms with Crippen molar-refractivity contribution < 1.29 is 38.1 Å². The number of carbonyl (C=O) groups excluding carboxylic acids is 4. The van der Waals surface area contributed by atoms with Crippen molar-refractivity contribution in [3.05, 3.63) is 59.7 Å². The minimum absolute atomic E-state index is 0.0565. The molecule has 306 valence electrons. The average Bonchev–Trinajstić information content (AvgIpc) is 3.79. The lowest BCUT2D eigenvalue weighted by Gasteiger charge is -2.43. The van der Waals surface area contributed by atoms with Gasteiger partial charge in [0.2, 0.25) is 23.6 Å². The Morgan fingerprint density at radius 1 is 0.589 bits per heavy atom. The molecule has 2 heterocycles. The van der Waals surface area contributed by atoms with Gasteiger partial charge in [-0.05, 0) is 88.8 Å². The lowest BCUT2D eigenvalue weighted by Crippen LogP contribution is -2.65. The van der Waals surface area contributed by atoms with Gasteiger partial charge in [0.15, 0.2) is 0 Å². The summed E-state index contributed by atoms with van der Waals surface area (Å²) in [5.74, 6) is 0.456. The Hall–Kier alpha value is -4.16. The number of carbonyl (C=O) groups is 4. The monoisotopic (exact) mass is 774 g/mol. The lowest BCUT2D eigenvalue weighted by atomic mass is 9.90. The number of hydrogen-bond donors (Lipinski definition) is 2. The molecule has 2 saturated carbocycles. The van der Waals surface area contributed by atoms with Crippen LogP contribution in [0.15, 0.2) is 48.5 Å². The third-order valence-corrected chi connectivity index (χ3v) is 12.4. The van der Waals surface area contributed by atoms with E-state index in [2.05, 4.69) is 10.6 Å². The third kappa shape index (κ3) is 9.17. The minimum atomic E-state index is -1.26. The van der Waals surface area contributed by atoms with Crippen molar-refractivity contribution in [2.45, 2.75) is 152 Å². The third-order valence-electron chi connectivity index (χ3n) is 12.4. The normalized spacial score (nSPS) is 23.2. The van der Waals surface area contributed by atoms with Crippen LogP contribution < -0.4 is 20.1 Å². The summed E-state index contributed by atoms with van der Waals surface area (Å²) in [6, 6.07) is 13.5. The molecular formula is C44H62N4O8. The van der Waals surface area contributed by atoms with E-state index in [1.807, 2.05) is 48.5 Å². The summed E-state index contributed by atoms with van der Waals surface area (Å²) in [5.41, 5.74) is -0.944. The van der Waals surface area contributed by atoms with Crippen LogP contribution in [0.2, 0.25) is 0 Å². The van der Waals surface area contributed by atoms with E-state index in [9.17, 15) is 19.2 Å². The maximum atomic E-state index is 14.6. The van der Waals surface area contributed by atoms with Gasteiger partial charge in [-0.1, -0.05) is 62.8 Å². The van der Waals surface area contributed by atoms with Crippen LogP contribution >= 0.6 is 0 Å². The molecule has 2 aliphatic heterocycles. The molecule has 0 spiro atoms. The van der Waals surface area contributed by atoms with Crippen molar-refractivity contribution in [1.29, 1.82) is 0 Å². The first-order chi connectivity index (χ1) is 26.8. The number of fused-ring (bicyclic) bond motifs is 1. The summed E-state index contributed by atoms with van der Waals surface area (Å²) in [5, 5.41) is 6.52. The number of benzene rings is 2. The van der Waals surface area contributed by atoms with Gasteiger partial charge in [0.25, 0.3) is 0 Å². The summed E-state index contributed by atoms with van der Waals surface area (Å²) < 4.78 is 23.8. The molecule has 12 heteroatoms. The number of rotatable bonds is 14. The molecule has 0 radical (unpaired) electrons. The van der Waals surface area contributed by atoms with E-state index in [-0.39, 0.29) is 61.8 Å². The predicted molar refractivity (Wildman–Crippen MR) is 212 cm³/mol. The molecule has 2 aliphatic carbocycles. The molecule has 4 aliphatic rings. The van der Waals surface area contributed by atoms with Crippen LogP contribution in [0.1, 0.15) is 103 Å². The molecule has 4 fully saturated rings. The van der Waals surface area contributed by atoms with Gasteiger partial charge in [-0.25, -0.2) is 0 Å². The van der Waals surface area contributed by atoms with E-state index in [1.165, 1.54) is 0 Å². The van der Waals surface area contributed by atoms with E-state index in [1.54, 1.807) is 51.7 Å². The molecule has 2 N–H and O–H groups in total. The molecule has 0 unspecified atom stereocenters. The van der Waals surface area contributed by atoms with E-state index in [0.717, 1.165) is 75.3 Å². The quantitative estimate of drug-likeness (QED) is 0.270. The zero-order valence-electron chi connectivity index (χ0n) is 34.1. The molecule has 0 bridgehead atoms. The first kappa shape index (κ1) is 41.5. The number of methoxy groups -OCH3 is 2. The Morgan fingerprint density at radius 3 is 1.25 bits per heavy atom. The highest BCUT2D eigenvalue weighted by Gasteiger charge is 2.58. The highest BCUT2D eigenvalue weighted by Crippen LogP contribution is 2.39. The lowest BCUT2D eigenvalue weighted by molar-refractivity contribution is -0.153. The molecule has 56 heavy (non-hydrogen) atoms. The largest absolute Gasteiger partial charge is 0.497 e. The summed E-state index contributed by atoms with van der Waals surface area (Å²) in [7, 11) is 3.19. The second-order valence-electron chi connectivity index (χ2n) is 17.0. The number of amides is 4. The Labute approximate surface area is 332 Å². The average molecular weight is 775 g/mol. The number of nitrogens with one attached hydrogen (secondary N) is 2. The van der Waals surface area contributed by atoms with Gasteiger partial charge in [-0.2, -0.15) is 0 Å². The molecule has 6 rings (SSSR count). The zero-order valence-corrected chi connectivity index (χ0v) is 34.1. The molecule has 4 atom stereocenters. The first-order valence-corrected chi connectivity index (χ1v) is 20.6. The van der Waals surface area contributed by atoms with Crippen LogP contribution in [-0.2, 0) is 41.5 Å². The second kappa shape index (κ2) is 18.0. The van der Waals surface area contributed by atoms with Crippen LogP contribution in [0.4, 0.5) is 0 Å². The number of hydrogen-bond acceptors (Lipinski definition) is 8. The fourth-order valence-electron chi connectivity index (χ4n) is 9.17. The summed E-state index contributed by atoms with van der Waals surface area (Å²) >= 11 is 0. The van der Waals surface area contributed by atoms with Gasteiger partial charge >= 0.3 is 0 Å². The Balaban J connectivity index is 1.29. The summed E-state index contributed by atoms with van der Waals surface area (Å²) in [4.78, 5) is 60.9. The standard InChI is InChI=1S/C44H62N4O8/c1-43(2,41(51)45-31-13-9-7-10-14-31)47(37(49)25-29-17-21-33(53-5)22-18-29)35-27-55-40-36(28-56-39(35)40)48(38(50)26-30-19-23-34(54-6)24-20-30)44(3,4)42(52)46-32-15-11-8-12-16-32/h17-24,31-32,35-36,39-40H,7-16,25-28H2,1-6H3,(H,45,51)(H,46,52)/t35-,36-,39+,40+/m0/s1.